The van der Waals surface area contributed by atoms with Gasteiger partial charge in [0.05, 0.1) is 6.61 Å². The summed E-state index contributed by atoms with van der Waals surface area (Å²) < 4.78 is 5.61. The molecule has 1 spiro atoms. The summed E-state index contributed by atoms with van der Waals surface area (Å²) in [6.45, 7) is 2.02. The molecule has 144 valence electrons. The predicted molar refractivity (Wildman–Crippen MR) is 103 cm³/mol. The summed E-state index contributed by atoms with van der Waals surface area (Å²) >= 11 is 0. The normalized spacial score (nSPS) is 20.5. The molecule has 1 fully saturated rings. The Morgan fingerprint density at radius 2 is 1.93 bits per heavy atom. The molecular formula is C21H21N3O4. The van der Waals surface area contributed by atoms with Crippen LogP contribution in [0.4, 0.5) is 10.5 Å². The molecule has 0 unspecified atom stereocenters. The first-order chi connectivity index (χ1) is 13.5. The second-order valence-corrected chi connectivity index (χ2v) is 6.92. The smallest absolute Gasteiger partial charge is 0.325 e. The number of anilines is 1. The van der Waals surface area contributed by atoms with E-state index in [-0.39, 0.29) is 6.54 Å². The molecule has 0 saturated carbocycles. The van der Waals surface area contributed by atoms with Crippen molar-refractivity contribution in [2.75, 3.05) is 18.5 Å². The first-order valence-electron chi connectivity index (χ1n) is 9.29. The minimum absolute atomic E-state index is 0.312. The van der Waals surface area contributed by atoms with Crippen LogP contribution in [0.15, 0.2) is 48.5 Å². The minimum Gasteiger partial charge on any atom is -0.493 e. The summed E-state index contributed by atoms with van der Waals surface area (Å²) in [6.07, 6.45) is 1.23. The maximum Gasteiger partial charge on any atom is 0.325 e. The molecular weight excluding hydrogens is 358 g/mol. The standard InChI is InChI=1S/C21H21N3O4/c1-2-14-7-9-15(10-8-14)22-18(25)13-24-19(26)21(23-20(24)27)11-12-28-17-6-4-3-5-16(17)21/h3-10H,2,11-13H2,1H3,(H,22,25)(H,23,27)/t21-/m1/s1. The monoisotopic (exact) mass is 379 g/mol. The van der Waals surface area contributed by atoms with Gasteiger partial charge in [-0.15, -0.1) is 0 Å². The van der Waals surface area contributed by atoms with Crippen LogP contribution in [0.2, 0.25) is 0 Å². The van der Waals surface area contributed by atoms with E-state index in [2.05, 4.69) is 17.6 Å². The first kappa shape index (κ1) is 18.0. The van der Waals surface area contributed by atoms with Gasteiger partial charge in [-0.25, -0.2) is 4.79 Å². The highest BCUT2D eigenvalue weighted by atomic mass is 16.5. The number of fused-ring (bicyclic) bond motifs is 2. The van der Waals surface area contributed by atoms with Gasteiger partial charge in [0, 0.05) is 17.7 Å². The molecule has 7 heteroatoms. The quantitative estimate of drug-likeness (QED) is 0.799. The third kappa shape index (κ3) is 2.98. The zero-order valence-corrected chi connectivity index (χ0v) is 15.5. The van der Waals surface area contributed by atoms with Crippen molar-refractivity contribution >= 4 is 23.5 Å². The highest BCUT2D eigenvalue weighted by Crippen LogP contribution is 2.40. The van der Waals surface area contributed by atoms with E-state index in [0.717, 1.165) is 16.9 Å². The zero-order chi connectivity index (χ0) is 19.7. The van der Waals surface area contributed by atoms with Crippen LogP contribution in [-0.2, 0) is 21.5 Å². The van der Waals surface area contributed by atoms with Crippen LogP contribution in [0.1, 0.15) is 24.5 Å². The van der Waals surface area contributed by atoms with Crippen molar-refractivity contribution in [2.45, 2.75) is 25.3 Å². The summed E-state index contributed by atoms with van der Waals surface area (Å²) in [5.74, 6) is -0.278. The van der Waals surface area contributed by atoms with E-state index in [9.17, 15) is 14.4 Å². The summed E-state index contributed by atoms with van der Waals surface area (Å²) in [6, 6.07) is 14.0. The molecule has 2 aliphatic heterocycles. The summed E-state index contributed by atoms with van der Waals surface area (Å²) in [5.41, 5.74) is 1.24. The van der Waals surface area contributed by atoms with Crippen LogP contribution in [0, 0.1) is 0 Å². The maximum atomic E-state index is 13.1. The zero-order valence-electron chi connectivity index (χ0n) is 15.5. The lowest BCUT2D eigenvalue weighted by molar-refractivity contribution is -0.135. The molecule has 0 aliphatic carbocycles. The van der Waals surface area contributed by atoms with E-state index in [0.29, 0.717) is 30.0 Å². The Hall–Kier alpha value is -3.35. The SMILES string of the molecule is CCc1ccc(NC(=O)CN2C(=O)N[C@@]3(CCOc4ccccc43)C2=O)cc1. The molecule has 0 radical (unpaired) electrons. The average molecular weight is 379 g/mol. The lowest BCUT2D eigenvalue weighted by Gasteiger charge is -2.33. The molecule has 7 nitrogen and oxygen atoms in total. The van der Waals surface area contributed by atoms with Gasteiger partial charge in [-0.2, -0.15) is 0 Å². The number of rotatable bonds is 4. The molecule has 4 amide bonds. The summed E-state index contributed by atoms with van der Waals surface area (Å²) in [7, 11) is 0. The highest BCUT2D eigenvalue weighted by Gasteiger charge is 2.55. The Morgan fingerprint density at radius 1 is 1.18 bits per heavy atom. The van der Waals surface area contributed by atoms with E-state index in [1.807, 2.05) is 18.2 Å². The number of imide groups is 1. The average Bonchev–Trinajstić information content (AvgIpc) is 2.94. The van der Waals surface area contributed by atoms with Crippen molar-refractivity contribution < 1.29 is 19.1 Å². The number of carbonyl (C=O) groups excluding carboxylic acids is 3. The molecule has 1 atom stereocenters. The van der Waals surface area contributed by atoms with E-state index >= 15 is 0 Å². The number of benzene rings is 2. The van der Waals surface area contributed by atoms with Gasteiger partial charge in [0.25, 0.3) is 5.91 Å². The maximum absolute atomic E-state index is 13.1. The lowest BCUT2D eigenvalue weighted by atomic mass is 9.84. The van der Waals surface area contributed by atoms with Crippen LogP contribution in [0.25, 0.3) is 0 Å². The second kappa shape index (κ2) is 6.99. The Balaban J connectivity index is 1.51. The first-order valence-corrected chi connectivity index (χ1v) is 9.29. The van der Waals surface area contributed by atoms with Gasteiger partial charge in [-0.05, 0) is 30.2 Å². The van der Waals surface area contributed by atoms with Crippen LogP contribution in [0.3, 0.4) is 0 Å². The molecule has 0 bridgehead atoms. The molecule has 2 aromatic carbocycles. The van der Waals surface area contributed by atoms with E-state index in [1.54, 1.807) is 30.3 Å². The number of aryl methyl sites for hydroxylation is 1. The Labute approximate surface area is 162 Å². The molecule has 2 aliphatic rings. The molecule has 2 N–H and O–H groups in total. The van der Waals surface area contributed by atoms with Crippen molar-refractivity contribution in [1.29, 1.82) is 0 Å². The molecule has 0 aromatic heterocycles. The van der Waals surface area contributed by atoms with Crippen molar-refractivity contribution in [3.63, 3.8) is 0 Å². The van der Waals surface area contributed by atoms with Gasteiger partial charge in [-0.3, -0.25) is 14.5 Å². The number of carbonyl (C=O) groups is 3. The molecule has 4 rings (SSSR count). The van der Waals surface area contributed by atoms with Crippen molar-refractivity contribution in [2.24, 2.45) is 0 Å². The fourth-order valence-corrected chi connectivity index (χ4v) is 3.68. The summed E-state index contributed by atoms with van der Waals surface area (Å²) in [4.78, 5) is 39.0. The van der Waals surface area contributed by atoms with Crippen LogP contribution < -0.4 is 15.4 Å². The third-order valence-corrected chi connectivity index (χ3v) is 5.20. The van der Waals surface area contributed by atoms with Gasteiger partial charge in [0.2, 0.25) is 5.91 Å². The van der Waals surface area contributed by atoms with Gasteiger partial charge >= 0.3 is 6.03 Å². The number of nitrogens with one attached hydrogen (secondary N) is 2. The van der Waals surface area contributed by atoms with Crippen LogP contribution in [-0.4, -0.2) is 35.9 Å². The van der Waals surface area contributed by atoms with Crippen LogP contribution >= 0.6 is 0 Å². The fourth-order valence-electron chi connectivity index (χ4n) is 3.68. The van der Waals surface area contributed by atoms with Gasteiger partial charge in [0.1, 0.15) is 12.3 Å². The second-order valence-electron chi connectivity index (χ2n) is 6.92. The van der Waals surface area contributed by atoms with Gasteiger partial charge in [0.15, 0.2) is 5.54 Å². The Morgan fingerprint density at radius 3 is 2.68 bits per heavy atom. The van der Waals surface area contributed by atoms with Gasteiger partial charge in [-0.1, -0.05) is 37.3 Å². The van der Waals surface area contributed by atoms with E-state index < -0.39 is 23.4 Å². The van der Waals surface area contributed by atoms with Crippen LogP contribution in [0.5, 0.6) is 5.75 Å². The van der Waals surface area contributed by atoms with E-state index in [4.69, 9.17) is 4.74 Å². The number of urea groups is 1. The molecule has 2 aromatic rings. The minimum atomic E-state index is -1.17. The fraction of sp³-hybridized carbons (Fsp3) is 0.286. The number of ether oxygens (including phenoxy) is 1. The highest BCUT2D eigenvalue weighted by molar-refractivity contribution is 6.10. The number of amides is 4. The van der Waals surface area contributed by atoms with Crippen molar-refractivity contribution in [3.8, 4) is 5.75 Å². The Kier molecular flexibility index (Phi) is 4.50. The number of nitrogens with zero attached hydrogens (tertiary/aromatic N) is 1. The van der Waals surface area contributed by atoms with Crippen molar-refractivity contribution in [1.82, 2.24) is 10.2 Å². The Bertz CT molecular complexity index is 941. The number of hydrogen-bond acceptors (Lipinski definition) is 4. The topological polar surface area (TPSA) is 87.7 Å². The summed E-state index contributed by atoms with van der Waals surface area (Å²) in [5, 5.41) is 5.52. The molecule has 28 heavy (non-hydrogen) atoms. The molecule has 1 saturated heterocycles. The lowest BCUT2D eigenvalue weighted by Crippen LogP contribution is -2.48. The largest absolute Gasteiger partial charge is 0.493 e. The van der Waals surface area contributed by atoms with Gasteiger partial charge < -0.3 is 15.4 Å². The van der Waals surface area contributed by atoms with E-state index in [1.165, 1.54) is 0 Å². The third-order valence-electron chi connectivity index (χ3n) is 5.20. The van der Waals surface area contributed by atoms with Crippen molar-refractivity contribution in [3.05, 3.63) is 59.7 Å². The predicted octanol–water partition coefficient (Wildman–Crippen LogP) is 2.42. The number of hydrogen-bond donors (Lipinski definition) is 2. The molecule has 2 heterocycles. The number of para-hydroxylation sites is 1.